The first-order chi connectivity index (χ1) is 13.9. The second-order valence-corrected chi connectivity index (χ2v) is 8.37. The summed E-state index contributed by atoms with van der Waals surface area (Å²) < 4.78 is 38.1. The number of aliphatic carboxylic acids is 1. The third-order valence-corrected chi connectivity index (χ3v) is 5.62. The van der Waals surface area contributed by atoms with Crippen LogP contribution in [-0.2, 0) is 14.3 Å². The molecule has 1 atom stereocenters. The summed E-state index contributed by atoms with van der Waals surface area (Å²) in [5.41, 5.74) is -0.375. The van der Waals surface area contributed by atoms with E-state index < -0.39 is 41.5 Å². The predicted octanol–water partition coefficient (Wildman–Crippen LogP) is 3.38. The van der Waals surface area contributed by atoms with Crippen molar-refractivity contribution in [3.05, 3.63) is 35.4 Å². The molecule has 6 nitrogen and oxygen atoms in total. The first-order valence-corrected chi connectivity index (χ1v) is 10.0. The molecule has 1 unspecified atom stereocenters. The van der Waals surface area contributed by atoms with Crippen LogP contribution in [0.15, 0.2) is 24.3 Å². The Morgan fingerprint density at radius 3 is 1.83 bits per heavy atom. The fourth-order valence-electron chi connectivity index (χ4n) is 3.68. The monoisotopic (exact) mass is 425 g/mol. The third-order valence-electron chi connectivity index (χ3n) is 5.62. The number of esters is 2. The van der Waals surface area contributed by atoms with Gasteiger partial charge in [-0.15, -0.1) is 0 Å². The van der Waals surface area contributed by atoms with E-state index in [1.165, 1.54) is 38.1 Å². The molecular weight excluding hydrogens is 398 g/mol. The van der Waals surface area contributed by atoms with Crippen LogP contribution in [-0.4, -0.2) is 35.5 Å². The number of carboxylic acids is 1. The second-order valence-electron chi connectivity index (χ2n) is 8.37. The highest BCUT2D eigenvalue weighted by molar-refractivity contribution is 5.93. The third kappa shape index (κ3) is 4.96. The Balaban J connectivity index is 2.11. The van der Waals surface area contributed by atoms with Gasteiger partial charge in [-0.1, -0.05) is 27.7 Å². The van der Waals surface area contributed by atoms with Crippen LogP contribution in [0.1, 0.15) is 74.1 Å². The van der Waals surface area contributed by atoms with Crippen molar-refractivity contribution in [3.8, 4) is 0 Å². The van der Waals surface area contributed by atoms with Crippen LogP contribution in [0.4, 0.5) is 8.78 Å². The van der Waals surface area contributed by atoms with Crippen molar-refractivity contribution in [1.29, 1.82) is 0 Å². The van der Waals surface area contributed by atoms with E-state index in [2.05, 4.69) is 0 Å². The Bertz CT molecular complexity index is 779. The average molecular weight is 425 g/mol. The largest absolute Gasteiger partial charge is 0.544 e. The lowest BCUT2D eigenvalue weighted by atomic mass is 9.88. The molecule has 1 aliphatic carbocycles. The van der Waals surface area contributed by atoms with Crippen LogP contribution in [0.5, 0.6) is 0 Å². The van der Waals surface area contributed by atoms with E-state index in [-0.39, 0.29) is 17.0 Å². The van der Waals surface area contributed by atoms with Crippen LogP contribution in [0.25, 0.3) is 0 Å². The molecule has 0 spiro atoms. The summed E-state index contributed by atoms with van der Waals surface area (Å²) in [4.78, 5) is 35.5. The van der Waals surface area contributed by atoms with Gasteiger partial charge in [0.15, 0.2) is 6.10 Å². The van der Waals surface area contributed by atoms with Crippen LogP contribution in [0.2, 0.25) is 0 Å². The van der Waals surface area contributed by atoms with E-state index in [0.29, 0.717) is 0 Å². The van der Waals surface area contributed by atoms with Gasteiger partial charge in [0, 0.05) is 0 Å². The quantitative estimate of drug-likeness (QED) is 0.593. The summed E-state index contributed by atoms with van der Waals surface area (Å²) in [6.45, 7) is 6.62. The molecule has 0 amide bonds. The van der Waals surface area contributed by atoms with Crippen LogP contribution >= 0.6 is 0 Å². The highest BCUT2D eigenvalue weighted by Crippen LogP contribution is 2.39. The van der Waals surface area contributed by atoms with Gasteiger partial charge in [-0.3, -0.25) is 0 Å². The second kappa shape index (κ2) is 9.10. The zero-order valence-corrected chi connectivity index (χ0v) is 17.6. The normalized spacial score (nSPS) is 17.1. The minimum absolute atomic E-state index is 0.0919. The molecule has 0 saturated heterocycles. The molecule has 1 aromatic rings. The number of benzene rings is 1. The maximum Gasteiger partial charge on any atom is 0.338 e. The van der Waals surface area contributed by atoms with Gasteiger partial charge < -0.3 is 19.4 Å². The first kappa shape index (κ1) is 23.8. The summed E-state index contributed by atoms with van der Waals surface area (Å²) in [5, 5.41) is 10.7. The Labute approximate surface area is 174 Å². The van der Waals surface area contributed by atoms with Crippen molar-refractivity contribution in [3.63, 3.8) is 0 Å². The van der Waals surface area contributed by atoms with Gasteiger partial charge in [0.05, 0.1) is 11.1 Å². The van der Waals surface area contributed by atoms with Crippen molar-refractivity contribution < 1.29 is 37.7 Å². The van der Waals surface area contributed by atoms with Gasteiger partial charge in [0.2, 0.25) is 0 Å². The summed E-state index contributed by atoms with van der Waals surface area (Å²) in [7, 11) is 0. The number of carboxylic acid groups (broad SMARTS) is 1. The summed E-state index contributed by atoms with van der Waals surface area (Å²) in [5.74, 6) is -9.39. The summed E-state index contributed by atoms with van der Waals surface area (Å²) >= 11 is 0. The number of halogens is 2. The maximum atomic E-state index is 13.8. The Kier molecular flexibility index (Phi) is 7.21. The number of hydrogen-bond donors (Lipinski definition) is 0. The molecule has 1 saturated carbocycles. The molecule has 0 aromatic heterocycles. The zero-order chi connectivity index (χ0) is 22.7. The maximum absolute atomic E-state index is 13.8. The Morgan fingerprint density at radius 1 is 0.967 bits per heavy atom. The number of carbonyl (C=O) groups excluding carboxylic acids is 3. The number of alkyl halides is 2. The molecule has 0 heterocycles. The fourth-order valence-corrected chi connectivity index (χ4v) is 3.68. The van der Waals surface area contributed by atoms with Crippen LogP contribution < -0.4 is 5.11 Å². The van der Waals surface area contributed by atoms with Gasteiger partial charge in [-0.25, -0.2) is 9.59 Å². The van der Waals surface area contributed by atoms with E-state index in [1.54, 1.807) is 0 Å². The SMILES string of the molecule is CC(C)C(OC(=O)c1ccc(C(=O)OC2(C(C)C)CCCC2)cc1)C(F)(F)C(=O)[O-]. The molecule has 30 heavy (non-hydrogen) atoms. The molecule has 1 aliphatic rings. The smallest absolute Gasteiger partial charge is 0.338 e. The topological polar surface area (TPSA) is 92.7 Å². The molecule has 0 radical (unpaired) electrons. The minimum Gasteiger partial charge on any atom is -0.544 e. The summed E-state index contributed by atoms with van der Waals surface area (Å²) in [6, 6.07) is 5.21. The van der Waals surface area contributed by atoms with Gasteiger partial charge in [0.1, 0.15) is 11.6 Å². The first-order valence-electron chi connectivity index (χ1n) is 10.0. The molecule has 1 fully saturated rings. The molecular formula is C22H27F2O6-. The van der Waals surface area contributed by atoms with Gasteiger partial charge in [-0.2, -0.15) is 8.78 Å². The van der Waals surface area contributed by atoms with E-state index in [1.807, 2.05) is 13.8 Å². The van der Waals surface area contributed by atoms with Gasteiger partial charge in [-0.05, 0) is 61.8 Å². The molecule has 8 heteroatoms. The van der Waals surface area contributed by atoms with Gasteiger partial charge >= 0.3 is 17.9 Å². The molecule has 0 aliphatic heterocycles. The number of carbonyl (C=O) groups is 3. The fraction of sp³-hybridized carbons (Fsp3) is 0.591. The standard InChI is InChI=1S/C22H28F2O6/c1-13(2)17(22(23,24)20(27)28)29-18(25)15-7-9-16(10-8-15)19(26)30-21(14(3)4)11-5-6-12-21/h7-10,13-14,17H,5-6,11-12H2,1-4H3,(H,27,28)/p-1. The average Bonchev–Trinajstić information content (AvgIpc) is 3.15. The Hall–Kier alpha value is -2.51. The molecule has 166 valence electrons. The van der Waals surface area contributed by atoms with Crippen molar-refractivity contribution in [2.24, 2.45) is 11.8 Å². The molecule has 0 N–H and O–H groups in total. The lowest BCUT2D eigenvalue weighted by molar-refractivity contribution is -0.337. The van der Waals surface area contributed by atoms with E-state index in [0.717, 1.165) is 25.7 Å². The van der Waals surface area contributed by atoms with E-state index >= 15 is 0 Å². The molecule has 2 rings (SSSR count). The van der Waals surface area contributed by atoms with Crippen molar-refractivity contribution in [1.82, 2.24) is 0 Å². The van der Waals surface area contributed by atoms with Crippen molar-refractivity contribution >= 4 is 17.9 Å². The minimum atomic E-state index is -4.33. The van der Waals surface area contributed by atoms with E-state index in [4.69, 9.17) is 9.47 Å². The number of ether oxygens (including phenoxy) is 2. The number of rotatable bonds is 8. The zero-order valence-electron chi connectivity index (χ0n) is 17.6. The summed E-state index contributed by atoms with van der Waals surface area (Å²) in [6.07, 6.45) is 1.38. The lowest BCUT2D eigenvalue weighted by Crippen LogP contribution is -2.53. The Morgan fingerprint density at radius 2 is 1.43 bits per heavy atom. The van der Waals surface area contributed by atoms with Crippen molar-refractivity contribution in [2.75, 3.05) is 0 Å². The number of hydrogen-bond acceptors (Lipinski definition) is 6. The highest BCUT2D eigenvalue weighted by atomic mass is 19.3. The lowest BCUT2D eigenvalue weighted by Gasteiger charge is -2.33. The highest BCUT2D eigenvalue weighted by Gasteiger charge is 2.46. The van der Waals surface area contributed by atoms with Crippen molar-refractivity contribution in [2.45, 2.75) is 71.0 Å². The predicted molar refractivity (Wildman–Crippen MR) is 102 cm³/mol. The van der Waals surface area contributed by atoms with E-state index in [9.17, 15) is 28.3 Å². The van der Waals surface area contributed by atoms with Crippen LogP contribution in [0, 0.1) is 11.8 Å². The molecule has 0 bridgehead atoms. The van der Waals surface area contributed by atoms with Gasteiger partial charge in [0.25, 0.3) is 0 Å². The van der Waals surface area contributed by atoms with Crippen LogP contribution in [0.3, 0.4) is 0 Å². The molecule has 1 aromatic carbocycles.